The van der Waals surface area contributed by atoms with E-state index in [4.69, 9.17) is 11.6 Å². The van der Waals surface area contributed by atoms with Crippen LogP contribution in [0.1, 0.15) is 15.9 Å². The van der Waals surface area contributed by atoms with Crippen molar-refractivity contribution in [3.05, 3.63) is 68.3 Å². The molecule has 98 valence electrons. The van der Waals surface area contributed by atoms with Gasteiger partial charge in [-0.05, 0) is 58.8 Å². The molecule has 0 spiro atoms. The summed E-state index contributed by atoms with van der Waals surface area (Å²) in [4.78, 5) is 12.0. The molecule has 2 nitrogen and oxygen atoms in total. The van der Waals surface area contributed by atoms with E-state index in [1.165, 1.54) is 0 Å². The molecule has 0 heterocycles. The lowest BCUT2D eigenvalue weighted by Gasteiger charge is -2.07. The average molecular weight is 386 g/mol. The highest BCUT2D eigenvalue weighted by Crippen LogP contribution is 2.12. The van der Waals surface area contributed by atoms with Crippen molar-refractivity contribution < 1.29 is 4.79 Å². The van der Waals surface area contributed by atoms with Gasteiger partial charge in [-0.15, -0.1) is 0 Å². The molecule has 4 heteroatoms. The molecule has 0 unspecified atom stereocenters. The van der Waals surface area contributed by atoms with Crippen molar-refractivity contribution in [2.75, 3.05) is 6.54 Å². The molecule has 0 saturated carbocycles. The maximum atomic E-state index is 12.0. The van der Waals surface area contributed by atoms with E-state index < -0.39 is 0 Å². The molecule has 0 aliphatic heterocycles. The van der Waals surface area contributed by atoms with Gasteiger partial charge in [-0.3, -0.25) is 4.79 Å². The summed E-state index contributed by atoms with van der Waals surface area (Å²) in [6.07, 6.45) is 0.774. The monoisotopic (exact) mass is 385 g/mol. The van der Waals surface area contributed by atoms with Gasteiger partial charge >= 0.3 is 0 Å². The molecule has 0 radical (unpaired) electrons. The SMILES string of the molecule is O=C(NCCc1cccc(Cl)c1)c1ccccc1I. The van der Waals surface area contributed by atoms with E-state index in [1.807, 2.05) is 48.5 Å². The minimum atomic E-state index is -0.0352. The summed E-state index contributed by atoms with van der Waals surface area (Å²) < 4.78 is 0.959. The molecule has 2 aromatic rings. The van der Waals surface area contributed by atoms with Gasteiger partial charge in [-0.25, -0.2) is 0 Å². The quantitative estimate of drug-likeness (QED) is 0.794. The van der Waals surface area contributed by atoms with E-state index in [1.54, 1.807) is 0 Å². The minimum Gasteiger partial charge on any atom is -0.352 e. The molecular weight excluding hydrogens is 373 g/mol. The largest absolute Gasteiger partial charge is 0.352 e. The van der Waals surface area contributed by atoms with Crippen molar-refractivity contribution in [1.82, 2.24) is 5.32 Å². The zero-order valence-electron chi connectivity index (χ0n) is 10.2. The number of halogens is 2. The molecule has 1 amide bonds. The minimum absolute atomic E-state index is 0.0352. The van der Waals surface area contributed by atoms with Gasteiger partial charge in [0.05, 0.1) is 5.56 Å². The first-order chi connectivity index (χ1) is 9.16. The zero-order valence-corrected chi connectivity index (χ0v) is 13.1. The maximum Gasteiger partial charge on any atom is 0.252 e. The van der Waals surface area contributed by atoms with Gasteiger partial charge in [0, 0.05) is 15.1 Å². The second kappa shape index (κ2) is 6.91. The lowest BCUT2D eigenvalue weighted by molar-refractivity contribution is 0.0953. The van der Waals surface area contributed by atoms with Gasteiger partial charge in [0.25, 0.3) is 5.91 Å². The number of carbonyl (C=O) groups is 1. The van der Waals surface area contributed by atoms with Crippen LogP contribution in [0.2, 0.25) is 5.02 Å². The molecule has 0 aliphatic carbocycles. The Morgan fingerprint density at radius 2 is 1.95 bits per heavy atom. The highest BCUT2D eigenvalue weighted by Gasteiger charge is 2.07. The number of carbonyl (C=O) groups excluding carboxylic acids is 1. The third-order valence-electron chi connectivity index (χ3n) is 2.71. The van der Waals surface area contributed by atoms with E-state index in [0.29, 0.717) is 12.1 Å². The maximum absolute atomic E-state index is 12.0. The van der Waals surface area contributed by atoms with Crippen LogP contribution in [0.4, 0.5) is 0 Å². The van der Waals surface area contributed by atoms with Crippen LogP contribution in [-0.2, 0) is 6.42 Å². The van der Waals surface area contributed by atoms with Crippen LogP contribution in [0.3, 0.4) is 0 Å². The van der Waals surface area contributed by atoms with Gasteiger partial charge in [0.2, 0.25) is 0 Å². The van der Waals surface area contributed by atoms with E-state index >= 15 is 0 Å². The first-order valence-electron chi connectivity index (χ1n) is 5.94. The fraction of sp³-hybridized carbons (Fsp3) is 0.133. The predicted molar refractivity (Wildman–Crippen MR) is 86.6 cm³/mol. The van der Waals surface area contributed by atoms with E-state index in [2.05, 4.69) is 27.9 Å². The molecule has 0 saturated heterocycles. The molecule has 2 aromatic carbocycles. The third-order valence-corrected chi connectivity index (χ3v) is 3.88. The molecule has 2 rings (SSSR count). The van der Waals surface area contributed by atoms with Gasteiger partial charge in [-0.2, -0.15) is 0 Å². The highest BCUT2D eigenvalue weighted by molar-refractivity contribution is 14.1. The molecule has 0 aromatic heterocycles. The third kappa shape index (κ3) is 4.21. The summed E-state index contributed by atoms with van der Waals surface area (Å²) in [5.41, 5.74) is 1.84. The molecule has 0 aliphatic rings. The Labute approximate surface area is 131 Å². The van der Waals surface area contributed by atoms with Crippen molar-refractivity contribution in [1.29, 1.82) is 0 Å². The van der Waals surface area contributed by atoms with Gasteiger partial charge in [0.1, 0.15) is 0 Å². The summed E-state index contributed by atoms with van der Waals surface area (Å²) in [6.45, 7) is 0.601. The summed E-state index contributed by atoms with van der Waals surface area (Å²) in [7, 11) is 0. The lowest BCUT2D eigenvalue weighted by atomic mass is 10.1. The number of hydrogen-bond donors (Lipinski definition) is 1. The number of rotatable bonds is 4. The Kier molecular flexibility index (Phi) is 5.22. The molecule has 0 atom stereocenters. The Bertz CT molecular complexity index is 586. The van der Waals surface area contributed by atoms with Crippen molar-refractivity contribution in [2.24, 2.45) is 0 Å². The lowest BCUT2D eigenvalue weighted by Crippen LogP contribution is -2.26. The highest BCUT2D eigenvalue weighted by atomic mass is 127. The van der Waals surface area contributed by atoms with Crippen LogP contribution in [-0.4, -0.2) is 12.5 Å². The molecule has 1 N–H and O–H groups in total. The molecule has 19 heavy (non-hydrogen) atoms. The first-order valence-corrected chi connectivity index (χ1v) is 7.39. The Balaban J connectivity index is 1.90. The van der Waals surface area contributed by atoms with Crippen molar-refractivity contribution in [3.63, 3.8) is 0 Å². The Hall–Kier alpha value is -1.07. The molecule has 0 fully saturated rings. The fourth-order valence-corrected chi connectivity index (χ4v) is 2.60. The molecule has 0 bridgehead atoms. The standard InChI is InChI=1S/C15H13ClINO/c16-12-5-3-4-11(10-12)8-9-18-15(19)13-6-1-2-7-14(13)17/h1-7,10H,8-9H2,(H,18,19). The summed E-state index contributed by atoms with van der Waals surface area (Å²) in [5.74, 6) is -0.0352. The fourth-order valence-electron chi connectivity index (χ4n) is 1.75. The van der Waals surface area contributed by atoms with Gasteiger partial charge in [0.15, 0.2) is 0 Å². The molecular formula is C15H13ClINO. The Morgan fingerprint density at radius 1 is 1.16 bits per heavy atom. The topological polar surface area (TPSA) is 29.1 Å². The number of benzene rings is 2. The van der Waals surface area contributed by atoms with Crippen LogP contribution in [0.15, 0.2) is 48.5 Å². The van der Waals surface area contributed by atoms with Gasteiger partial charge in [-0.1, -0.05) is 35.9 Å². The second-order valence-electron chi connectivity index (χ2n) is 4.12. The number of nitrogens with one attached hydrogen (secondary N) is 1. The van der Waals surface area contributed by atoms with E-state index in [0.717, 1.165) is 20.6 Å². The summed E-state index contributed by atoms with van der Waals surface area (Å²) in [5, 5.41) is 3.64. The van der Waals surface area contributed by atoms with Crippen molar-refractivity contribution in [3.8, 4) is 0 Å². The summed E-state index contributed by atoms with van der Waals surface area (Å²) in [6, 6.07) is 15.2. The zero-order chi connectivity index (χ0) is 13.7. The van der Waals surface area contributed by atoms with Crippen LogP contribution < -0.4 is 5.32 Å². The van der Waals surface area contributed by atoms with Crippen LogP contribution in [0, 0.1) is 3.57 Å². The van der Waals surface area contributed by atoms with Gasteiger partial charge < -0.3 is 5.32 Å². The predicted octanol–water partition coefficient (Wildman–Crippen LogP) is 3.92. The average Bonchev–Trinajstić information content (AvgIpc) is 2.39. The van der Waals surface area contributed by atoms with E-state index in [-0.39, 0.29) is 5.91 Å². The number of amides is 1. The first kappa shape index (κ1) is 14.3. The normalized spacial score (nSPS) is 10.2. The van der Waals surface area contributed by atoms with Crippen LogP contribution in [0.25, 0.3) is 0 Å². The van der Waals surface area contributed by atoms with Crippen LogP contribution in [0.5, 0.6) is 0 Å². The number of hydrogen-bond acceptors (Lipinski definition) is 1. The van der Waals surface area contributed by atoms with Crippen LogP contribution >= 0.6 is 34.2 Å². The van der Waals surface area contributed by atoms with Crippen molar-refractivity contribution >= 4 is 40.1 Å². The smallest absolute Gasteiger partial charge is 0.252 e. The van der Waals surface area contributed by atoms with Crippen molar-refractivity contribution in [2.45, 2.75) is 6.42 Å². The van der Waals surface area contributed by atoms with E-state index in [9.17, 15) is 4.79 Å². The summed E-state index contributed by atoms with van der Waals surface area (Å²) >= 11 is 8.08. The Morgan fingerprint density at radius 3 is 2.68 bits per heavy atom. The second-order valence-corrected chi connectivity index (χ2v) is 5.71.